The number of methoxy groups -OCH3 is 1. The van der Waals surface area contributed by atoms with Gasteiger partial charge in [0.05, 0.1) is 12.7 Å². The van der Waals surface area contributed by atoms with E-state index >= 15 is 0 Å². The third-order valence-corrected chi connectivity index (χ3v) is 2.82. The average Bonchev–Trinajstić information content (AvgIpc) is 2.44. The molecular formula is C14H17N3O4. The number of carbonyl (C=O) groups is 2. The van der Waals surface area contributed by atoms with Crippen molar-refractivity contribution in [1.82, 2.24) is 5.32 Å². The molecule has 112 valence electrons. The Morgan fingerprint density at radius 1 is 1.38 bits per heavy atom. The van der Waals surface area contributed by atoms with Crippen molar-refractivity contribution in [3.8, 4) is 11.8 Å². The molecule has 2 amide bonds. The topological polar surface area (TPSA) is 111 Å². The highest BCUT2D eigenvalue weighted by atomic mass is 16.5. The Morgan fingerprint density at radius 2 is 2.05 bits per heavy atom. The molecule has 0 heterocycles. The second-order valence-electron chi connectivity index (χ2n) is 4.65. The lowest BCUT2D eigenvalue weighted by molar-refractivity contribution is -0.140. The predicted octanol–water partition coefficient (Wildman–Crippen LogP) is 1.80. The summed E-state index contributed by atoms with van der Waals surface area (Å²) in [6.07, 6.45) is 0. The van der Waals surface area contributed by atoms with Gasteiger partial charge in [0.2, 0.25) is 0 Å². The van der Waals surface area contributed by atoms with Crippen LogP contribution < -0.4 is 15.4 Å². The predicted molar refractivity (Wildman–Crippen MR) is 76.1 cm³/mol. The van der Waals surface area contributed by atoms with E-state index < -0.39 is 18.0 Å². The minimum Gasteiger partial charge on any atom is -0.495 e. The van der Waals surface area contributed by atoms with Gasteiger partial charge in [-0.25, -0.2) is 9.59 Å². The molecule has 1 rings (SSSR count). The van der Waals surface area contributed by atoms with Gasteiger partial charge in [0.1, 0.15) is 23.5 Å². The van der Waals surface area contributed by atoms with Crippen molar-refractivity contribution in [2.75, 3.05) is 12.4 Å². The largest absolute Gasteiger partial charge is 0.495 e. The van der Waals surface area contributed by atoms with Gasteiger partial charge < -0.3 is 20.5 Å². The highest BCUT2D eigenvalue weighted by molar-refractivity contribution is 5.95. The van der Waals surface area contributed by atoms with Crippen LogP contribution in [0.5, 0.6) is 5.75 Å². The molecule has 0 spiro atoms. The molecule has 7 heteroatoms. The smallest absolute Gasteiger partial charge is 0.326 e. The Hall–Kier alpha value is -2.75. The summed E-state index contributed by atoms with van der Waals surface area (Å²) < 4.78 is 5.08. The zero-order chi connectivity index (χ0) is 16.0. The fourth-order valence-corrected chi connectivity index (χ4v) is 1.73. The second-order valence-corrected chi connectivity index (χ2v) is 4.65. The van der Waals surface area contributed by atoms with Crippen molar-refractivity contribution in [2.45, 2.75) is 19.9 Å². The highest BCUT2D eigenvalue weighted by Gasteiger charge is 2.24. The van der Waals surface area contributed by atoms with Crippen LogP contribution in [0.25, 0.3) is 0 Å². The molecule has 1 aromatic carbocycles. The number of anilines is 1. The van der Waals surface area contributed by atoms with Crippen molar-refractivity contribution in [1.29, 1.82) is 5.26 Å². The molecular weight excluding hydrogens is 274 g/mol. The van der Waals surface area contributed by atoms with Gasteiger partial charge in [-0.05, 0) is 18.1 Å². The number of benzene rings is 1. The summed E-state index contributed by atoms with van der Waals surface area (Å²) in [6.45, 7) is 3.37. The maximum atomic E-state index is 11.9. The minimum atomic E-state index is -1.12. The van der Waals surface area contributed by atoms with Crippen LogP contribution in [0, 0.1) is 17.2 Å². The van der Waals surface area contributed by atoms with E-state index in [1.54, 1.807) is 26.0 Å². The number of hydrogen-bond acceptors (Lipinski definition) is 4. The zero-order valence-corrected chi connectivity index (χ0v) is 12.0. The van der Waals surface area contributed by atoms with Crippen molar-refractivity contribution < 1.29 is 19.4 Å². The molecule has 0 aromatic heterocycles. The number of nitrogens with one attached hydrogen (secondary N) is 2. The zero-order valence-electron chi connectivity index (χ0n) is 12.0. The summed E-state index contributed by atoms with van der Waals surface area (Å²) in [5.41, 5.74) is 0.425. The summed E-state index contributed by atoms with van der Waals surface area (Å²) >= 11 is 0. The van der Waals surface area contributed by atoms with Crippen LogP contribution in [0.2, 0.25) is 0 Å². The minimum absolute atomic E-state index is 0.202. The fourth-order valence-electron chi connectivity index (χ4n) is 1.73. The first-order valence-electron chi connectivity index (χ1n) is 6.28. The Balaban J connectivity index is 2.94. The molecule has 0 saturated carbocycles. The normalized spacial score (nSPS) is 11.4. The summed E-state index contributed by atoms with van der Waals surface area (Å²) in [6, 6.07) is 4.94. The fraction of sp³-hybridized carbons (Fsp3) is 0.357. The summed E-state index contributed by atoms with van der Waals surface area (Å²) in [5.74, 6) is -1.08. The first kappa shape index (κ1) is 16.3. The van der Waals surface area contributed by atoms with Crippen LogP contribution in [0.3, 0.4) is 0 Å². The van der Waals surface area contributed by atoms with E-state index in [0.29, 0.717) is 5.75 Å². The Kier molecular flexibility index (Phi) is 5.55. The van der Waals surface area contributed by atoms with Gasteiger partial charge in [-0.2, -0.15) is 5.26 Å². The molecule has 21 heavy (non-hydrogen) atoms. The highest BCUT2D eigenvalue weighted by Crippen LogP contribution is 2.27. The number of aliphatic carboxylic acids is 1. The Labute approximate surface area is 122 Å². The number of carboxylic acid groups (broad SMARTS) is 1. The van der Waals surface area contributed by atoms with Crippen molar-refractivity contribution in [2.24, 2.45) is 5.92 Å². The van der Waals surface area contributed by atoms with E-state index in [1.165, 1.54) is 13.2 Å². The van der Waals surface area contributed by atoms with Crippen LogP contribution >= 0.6 is 0 Å². The number of urea groups is 1. The number of hydrogen-bond donors (Lipinski definition) is 3. The van der Waals surface area contributed by atoms with Gasteiger partial charge in [0.25, 0.3) is 0 Å². The molecule has 0 aliphatic carbocycles. The number of para-hydroxylation sites is 1. The van der Waals surface area contributed by atoms with E-state index in [9.17, 15) is 9.59 Å². The number of nitriles is 1. The molecule has 0 radical (unpaired) electrons. The van der Waals surface area contributed by atoms with Crippen molar-refractivity contribution in [3.63, 3.8) is 0 Å². The lowest BCUT2D eigenvalue weighted by atomic mass is 10.1. The van der Waals surface area contributed by atoms with Crippen molar-refractivity contribution in [3.05, 3.63) is 23.8 Å². The Morgan fingerprint density at radius 3 is 2.52 bits per heavy atom. The number of carbonyl (C=O) groups excluding carboxylic acids is 1. The number of amides is 2. The van der Waals surface area contributed by atoms with Crippen molar-refractivity contribution >= 4 is 17.7 Å². The molecule has 3 N–H and O–H groups in total. The van der Waals surface area contributed by atoms with E-state index in [-0.39, 0.29) is 17.2 Å². The maximum absolute atomic E-state index is 11.9. The van der Waals surface area contributed by atoms with Gasteiger partial charge in [-0.15, -0.1) is 0 Å². The molecule has 0 saturated heterocycles. The number of ether oxygens (including phenoxy) is 1. The first-order chi connectivity index (χ1) is 9.90. The van der Waals surface area contributed by atoms with Crippen LogP contribution in [-0.2, 0) is 4.79 Å². The average molecular weight is 291 g/mol. The second kappa shape index (κ2) is 7.14. The number of nitrogens with zero attached hydrogens (tertiary/aromatic N) is 1. The standard InChI is InChI=1S/C14H17N3O4/c1-8(2)11(13(18)19)16-14(20)17-12-9(7-15)5-4-6-10(12)21-3/h4-6,8,11H,1-3H3,(H,18,19)(H2,16,17,20)/t11-/m0/s1. The molecule has 1 atom stereocenters. The first-order valence-corrected chi connectivity index (χ1v) is 6.28. The lowest BCUT2D eigenvalue weighted by Gasteiger charge is -2.19. The monoisotopic (exact) mass is 291 g/mol. The van der Waals surface area contributed by atoms with Gasteiger partial charge in [0.15, 0.2) is 0 Å². The van der Waals surface area contributed by atoms with Crippen LogP contribution in [0.4, 0.5) is 10.5 Å². The van der Waals surface area contributed by atoms with Crippen LogP contribution in [0.15, 0.2) is 18.2 Å². The molecule has 0 aliphatic rings. The van der Waals surface area contributed by atoms with Gasteiger partial charge in [-0.1, -0.05) is 19.9 Å². The molecule has 0 bridgehead atoms. The van der Waals surface area contributed by atoms with E-state index in [2.05, 4.69) is 10.6 Å². The number of carboxylic acids is 1. The molecule has 1 aromatic rings. The van der Waals surface area contributed by atoms with Gasteiger partial charge >= 0.3 is 12.0 Å². The summed E-state index contributed by atoms with van der Waals surface area (Å²) in [4.78, 5) is 23.0. The van der Waals surface area contributed by atoms with Crippen LogP contribution in [0.1, 0.15) is 19.4 Å². The third-order valence-electron chi connectivity index (χ3n) is 2.82. The molecule has 0 fully saturated rings. The number of rotatable bonds is 5. The molecule has 0 unspecified atom stereocenters. The Bertz CT molecular complexity index is 578. The maximum Gasteiger partial charge on any atom is 0.326 e. The molecule has 7 nitrogen and oxygen atoms in total. The van der Waals surface area contributed by atoms with Gasteiger partial charge in [0, 0.05) is 0 Å². The summed E-state index contributed by atoms with van der Waals surface area (Å²) in [7, 11) is 1.41. The SMILES string of the molecule is COc1cccc(C#N)c1NC(=O)N[C@H](C(=O)O)C(C)C. The van der Waals surface area contributed by atoms with Crippen LogP contribution in [-0.4, -0.2) is 30.3 Å². The lowest BCUT2D eigenvalue weighted by Crippen LogP contribution is -2.46. The molecule has 0 aliphatic heterocycles. The van der Waals surface area contributed by atoms with Gasteiger partial charge in [-0.3, -0.25) is 0 Å². The summed E-state index contributed by atoms with van der Waals surface area (Å²) in [5, 5.41) is 22.9. The van der Waals surface area contributed by atoms with E-state index in [1.807, 2.05) is 6.07 Å². The quantitative estimate of drug-likeness (QED) is 0.765. The third kappa shape index (κ3) is 4.11. The van der Waals surface area contributed by atoms with E-state index in [4.69, 9.17) is 15.1 Å². The van der Waals surface area contributed by atoms with E-state index in [0.717, 1.165) is 0 Å².